The van der Waals surface area contributed by atoms with Crippen molar-refractivity contribution in [1.82, 2.24) is 10.3 Å². The summed E-state index contributed by atoms with van der Waals surface area (Å²) in [5, 5.41) is 6.02. The number of carbonyl (C=O) groups is 1. The number of pyridine rings is 1. The second-order valence-electron chi connectivity index (χ2n) is 4.93. The Hall–Kier alpha value is -1.62. The van der Waals surface area contributed by atoms with Crippen LogP contribution in [-0.2, 0) is 4.79 Å². The van der Waals surface area contributed by atoms with Gasteiger partial charge in [0.15, 0.2) is 0 Å². The van der Waals surface area contributed by atoms with E-state index in [1.165, 1.54) is 0 Å². The van der Waals surface area contributed by atoms with Crippen molar-refractivity contribution in [3.05, 3.63) is 18.3 Å². The predicted molar refractivity (Wildman–Crippen MR) is 76.4 cm³/mol. The average molecular weight is 265 g/mol. The maximum absolute atomic E-state index is 11.8. The zero-order chi connectivity index (χ0) is 14.3. The van der Waals surface area contributed by atoms with Crippen LogP contribution in [0.1, 0.15) is 34.1 Å². The van der Waals surface area contributed by atoms with Gasteiger partial charge in [0.2, 0.25) is 11.8 Å². The van der Waals surface area contributed by atoms with Gasteiger partial charge < -0.3 is 15.4 Å². The van der Waals surface area contributed by atoms with Gasteiger partial charge in [0.1, 0.15) is 5.69 Å². The predicted octanol–water partition coefficient (Wildman–Crippen LogP) is 2.20. The van der Waals surface area contributed by atoms with Crippen molar-refractivity contribution in [1.29, 1.82) is 0 Å². The van der Waals surface area contributed by atoms with E-state index < -0.39 is 0 Å². The molecule has 0 spiro atoms. The smallest absolute Gasteiger partial charge is 0.238 e. The zero-order valence-electron chi connectivity index (χ0n) is 12.1. The minimum Gasteiger partial charge on any atom is -0.473 e. The SMILES string of the molecule is CC(C)NCCC(=O)Nc1cccnc1OC(C)C. The topological polar surface area (TPSA) is 63.2 Å². The second-order valence-corrected chi connectivity index (χ2v) is 4.93. The van der Waals surface area contributed by atoms with Gasteiger partial charge in [-0.05, 0) is 26.0 Å². The number of hydrogen-bond donors (Lipinski definition) is 2. The van der Waals surface area contributed by atoms with Gasteiger partial charge in [-0.3, -0.25) is 4.79 Å². The molecule has 0 saturated heterocycles. The number of carbonyl (C=O) groups excluding carboxylic acids is 1. The minimum atomic E-state index is -0.0465. The largest absolute Gasteiger partial charge is 0.473 e. The highest BCUT2D eigenvalue weighted by atomic mass is 16.5. The van der Waals surface area contributed by atoms with Crippen molar-refractivity contribution in [2.24, 2.45) is 0 Å². The van der Waals surface area contributed by atoms with Gasteiger partial charge in [-0.1, -0.05) is 13.8 Å². The highest BCUT2D eigenvalue weighted by Gasteiger charge is 2.09. The summed E-state index contributed by atoms with van der Waals surface area (Å²) < 4.78 is 5.55. The molecule has 0 saturated carbocycles. The molecule has 0 aromatic carbocycles. The maximum Gasteiger partial charge on any atom is 0.238 e. The standard InChI is InChI=1S/C14H23N3O2/c1-10(2)15-9-7-13(18)17-12-6-5-8-16-14(12)19-11(3)4/h5-6,8,10-11,15H,7,9H2,1-4H3,(H,17,18). The molecular formula is C14H23N3O2. The molecule has 0 radical (unpaired) electrons. The van der Waals surface area contributed by atoms with Gasteiger partial charge in [0.05, 0.1) is 6.10 Å². The fourth-order valence-corrected chi connectivity index (χ4v) is 1.49. The number of amides is 1. The van der Waals surface area contributed by atoms with Crippen molar-refractivity contribution < 1.29 is 9.53 Å². The molecule has 0 aliphatic heterocycles. The third-order valence-corrected chi connectivity index (χ3v) is 2.30. The molecule has 106 valence electrons. The summed E-state index contributed by atoms with van der Waals surface area (Å²) in [6, 6.07) is 3.94. The summed E-state index contributed by atoms with van der Waals surface area (Å²) in [5.41, 5.74) is 0.616. The Labute approximate surface area is 114 Å². The van der Waals surface area contributed by atoms with E-state index in [9.17, 15) is 4.79 Å². The molecule has 1 heterocycles. The Morgan fingerprint density at radius 3 is 2.74 bits per heavy atom. The fourth-order valence-electron chi connectivity index (χ4n) is 1.49. The van der Waals surface area contributed by atoms with Gasteiger partial charge in [0.25, 0.3) is 0 Å². The lowest BCUT2D eigenvalue weighted by Crippen LogP contribution is -2.27. The van der Waals surface area contributed by atoms with Crippen LogP contribution in [-0.4, -0.2) is 29.6 Å². The normalized spacial score (nSPS) is 10.8. The molecule has 5 nitrogen and oxygen atoms in total. The lowest BCUT2D eigenvalue weighted by atomic mass is 10.3. The Morgan fingerprint density at radius 1 is 1.37 bits per heavy atom. The fraction of sp³-hybridized carbons (Fsp3) is 0.571. The van der Waals surface area contributed by atoms with Crippen LogP contribution in [0, 0.1) is 0 Å². The molecule has 5 heteroatoms. The molecule has 0 unspecified atom stereocenters. The van der Waals surface area contributed by atoms with Gasteiger partial charge in [-0.2, -0.15) is 0 Å². The van der Waals surface area contributed by atoms with E-state index in [4.69, 9.17) is 4.74 Å². The summed E-state index contributed by atoms with van der Waals surface area (Å²) in [5.74, 6) is 0.414. The van der Waals surface area contributed by atoms with E-state index in [1.54, 1.807) is 18.3 Å². The van der Waals surface area contributed by atoms with Crippen molar-refractivity contribution in [2.45, 2.75) is 46.3 Å². The first kappa shape index (κ1) is 15.4. The molecule has 0 fully saturated rings. The summed E-state index contributed by atoms with van der Waals surface area (Å²) in [7, 11) is 0. The van der Waals surface area contributed by atoms with E-state index in [0.29, 0.717) is 30.6 Å². The molecule has 2 N–H and O–H groups in total. The second kappa shape index (κ2) is 7.74. The Bertz CT molecular complexity index is 405. The first-order valence-corrected chi connectivity index (χ1v) is 6.64. The van der Waals surface area contributed by atoms with E-state index >= 15 is 0 Å². The monoisotopic (exact) mass is 265 g/mol. The highest BCUT2D eigenvalue weighted by molar-refractivity contribution is 5.91. The van der Waals surface area contributed by atoms with E-state index in [-0.39, 0.29) is 12.0 Å². The first-order valence-electron chi connectivity index (χ1n) is 6.64. The molecule has 1 aromatic heterocycles. The third-order valence-electron chi connectivity index (χ3n) is 2.30. The number of anilines is 1. The van der Waals surface area contributed by atoms with Crippen LogP contribution in [0.2, 0.25) is 0 Å². The average Bonchev–Trinajstić information content (AvgIpc) is 2.30. The number of nitrogens with zero attached hydrogens (tertiary/aromatic N) is 1. The summed E-state index contributed by atoms with van der Waals surface area (Å²) >= 11 is 0. The van der Waals surface area contributed by atoms with Crippen LogP contribution >= 0.6 is 0 Å². The number of aromatic nitrogens is 1. The Morgan fingerprint density at radius 2 is 2.11 bits per heavy atom. The molecule has 1 amide bonds. The van der Waals surface area contributed by atoms with E-state index in [2.05, 4.69) is 15.6 Å². The minimum absolute atomic E-state index is 0.0214. The number of nitrogens with one attached hydrogen (secondary N) is 2. The maximum atomic E-state index is 11.8. The van der Waals surface area contributed by atoms with Gasteiger partial charge in [-0.15, -0.1) is 0 Å². The van der Waals surface area contributed by atoms with Gasteiger partial charge >= 0.3 is 0 Å². The first-order chi connectivity index (χ1) is 8.99. The van der Waals surface area contributed by atoms with Crippen molar-refractivity contribution in [3.63, 3.8) is 0 Å². The van der Waals surface area contributed by atoms with E-state index in [1.807, 2.05) is 27.7 Å². The van der Waals surface area contributed by atoms with Crippen LogP contribution in [0.25, 0.3) is 0 Å². The summed E-state index contributed by atoms with van der Waals surface area (Å²) in [6.07, 6.45) is 2.09. The highest BCUT2D eigenvalue weighted by Crippen LogP contribution is 2.21. The van der Waals surface area contributed by atoms with Gasteiger partial charge in [-0.25, -0.2) is 4.98 Å². The van der Waals surface area contributed by atoms with Crippen molar-refractivity contribution >= 4 is 11.6 Å². The lowest BCUT2D eigenvalue weighted by molar-refractivity contribution is -0.116. The molecule has 0 bridgehead atoms. The summed E-state index contributed by atoms with van der Waals surface area (Å²) in [4.78, 5) is 15.9. The summed E-state index contributed by atoms with van der Waals surface area (Å²) in [6.45, 7) is 8.60. The van der Waals surface area contributed by atoms with Crippen LogP contribution < -0.4 is 15.4 Å². The quantitative estimate of drug-likeness (QED) is 0.793. The molecular weight excluding hydrogens is 242 g/mol. The van der Waals surface area contributed by atoms with Crippen molar-refractivity contribution in [2.75, 3.05) is 11.9 Å². The van der Waals surface area contributed by atoms with E-state index in [0.717, 1.165) is 0 Å². The molecule has 0 atom stereocenters. The molecule has 19 heavy (non-hydrogen) atoms. The van der Waals surface area contributed by atoms with Crippen LogP contribution in [0.4, 0.5) is 5.69 Å². The number of rotatable bonds is 7. The Balaban J connectivity index is 2.53. The van der Waals surface area contributed by atoms with Crippen LogP contribution in [0.3, 0.4) is 0 Å². The molecule has 0 aliphatic rings. The number of hydrogen-bond acceptors (Lipinski definition) is 4. The molecule has 1 aromatic rings. The molecule has 0 aliphatic carbocycles. The van der Waals surface area contributed by atoms with Crippen LogP contribution in [0.15, 0.2) is 18.3 Å². The Kier molecular flexibility index (Phi) is 6.29. The third kappa shape index (κ3) is 6.20. The van der Waals surface area contributed by atoms with Crippen molar-refractivity contribution in [3.8, 4) is 5.88 Å². The number of ether oxygens (including phenoxy) is 1. The molecule has 1 rings (SSSR count). The van der Waals surface area contributed by atoms with Crippen LogP contribution in [0.5, 0.6) is 5.88 Å². The lowest BCUT2D eigenvalue weighted by Gasteiger charge is -2.13. The van der Waals surface area contributed by atoms with Gasteiger partial charge in [0, 0.05) is 25.2 Å². The zero-order valence-corrected chi connectivity index (χ0v) is 12.1.